The highest BCUT2D eigenvalue weighted by atomic mass is 35.5. The van der Waals surface area contributed by atoms with Crippen molar-refractivity contribution in [3.8, 4) is 0 Å². The van der Waals surface area contributed by atoms with Gasteiger partial charge in [-0.05, 0) is 12.5 Å². The minimum Gasteiger partial charge on any atom is -0.390 e. The van der Waals surface area contributed by atoms with Crippen molar-refractivity contribution in [3.63, 3.8) is 0 Å². The fourth-order valence-electron chi connectivity index (χ4n) is 1.41. The van der Waals surface area contributed by atoms with E-state index in [-0.39, 0.29) is 6.10 Å². The van der Waals surface area contributed by atoms with Gasteiger partial charge < -0.3 is 9.84 Å². The highest BCUT2D eigenvalue weighted by Gasteiger charge is 2.20. The number of hydrogen-bond donors (Lipinski definition) is 1. The Labute approximate surface area is 89.5 Å². The molecule has 0 aliphatic carbocycles. The van der Waals surface area contributed by atoms with Crippen molar-refractivity contribution in [2.75, 3.05) is 7.11 Å². The molecule has 0 unspecified atom stereocenters. The molecule has 2 atom stereocenters. The average Bonchev–Trinajstić information content (AvgIpc) is 2.21. The normalized spacial score (nSPS) is 15.1. The van der Waals surface area contributed by atoms with E-state index in [4.69, 9.17) is 16.3 Å². The van der Waals surface area contributed by atoms with E-state index in [0.717, 1.165) is 5.56 Å². The fraction of sp³-hybridized carbons (Fsp3) is 0.455. The quantitative estimate of drug-likeness (QED) is 0.835. The third-order valence-corrected chi connectivity index (χ3v) is 2.58. The van der Waals surface area contributed by atoms with Crippen LogP contribution in [0, 0.1) is 0 Å². The second-order valence-corrected chi connectivity index (χ2v) is 3.56. The molecule has 0 spiro atoms. The molecule has 0 amide bonds. The second kappa shape index (κ2) is 5.35. The first kappa shape index (κ1) is 11.5. The van der Waals surface area contributed by atoms with Crippen LogP contribution in [0.3, 0.4) is 0 Å². The zero-order valence-corrected chi connectivity index (χ0v) is 9.16. The first-order chi connectivity index (χ1) is 6.70. The Morgan fingerprint density at radius 2 is 2.07 bits per heavy atom. The van der Waals surface area contributed by atoms with Crippen LogP contribution in [0.15, 0.2) is 24.3 Å². The van der Waals surface area contributed by atoms with Gasteiger partial charge in [-0.3, -0.25) is 0 Å². The van der Waals surface area contributed by atoms with Gasteiger partial charge >= 0.3 is 0 Å². The Bertz CT molecular complexity index is 288. The first-order valence-corrected chi connectivity index (χ1v) is 5.03. The number of ether oxygens (including phenoxy) is 1. The van der Waals surface area contributed by atoms with Gasteiger partial charge in [-0.15, -0.1) is 0 Å². The molecule has 1 N–H and O–H groups in total. The van der Waals surface area contributed by atoms with E-state index >= 15 is 0 Å². The summed E-state index contributed by atoms with van der Waals surface area (Å²) in [6.45, 7) is 1.91. The van der Waals surface area contributed by atoms with Crippen molar-refractivity contribution in [1.29, 1.82) is 0 Å². The van der Waals surface area contributed by atoms with Crippen molar-refractivity contribution in [3.05, 3.63) is 34.9 Å². The molecule has 0 saturated carbocycles. The molecule has 0 aliphatic rings. The van der Waals surface area contributed by atoms with Crippen LogP contribution >= 0.6 is 11.6 Å². The molecule has 0 aliphatic heterocycles. The molecule has 0 bridgehead atoms. The summed E-state index contributed by atoms with van der Waals surface area (Å²) in [6, 6.07) is 7.41. The molecule has 1 rings (SSSR count). The summed E-state index contributed by atoms with van der Waals surface area (Å²) < 4.78 is 5.24. The SMILES string of the molecule is CC[C@H](O)[C@@H](OC)c1ccccc1Cl. The van der Waals surface area contributed by atoms with E-state index in [1.54, 1.807) is 13.2 Å². The second-order valence-electron chi connectivity index (χ2n) is 3.15. The number of aliphatic hydroxyl groups excluding tert-OH is 1. The van der Waals surface area contributed by atoms with Gasteiger partial charge in [0.1, 0.15) is 6.10 Å². The minimum absolute atomic E-state index is 0.339. The Kier molecular flexibility index (Phi) is 4.39. The van der Waals surface area contributed by atoms with Gasteiger partial charge in [-0.2, -0.15) is 0 Å². The Hall–Kier alpha value is -0.570. The van der Waals surface area contributed by atoms with Crippen LogP contribution in [0.5, 0.6) is 0 Å². The molecule has 78 valence electrons. The lowest BCUT2D eigenvalue weighted by Crippen LogP contribution is -2.19. The average molecular weight is 215 g/mol. The van der Waals surface area contributed by atoms with Gasteiger partial charge in [0.15, 0.2) is 0 Å². The molecule has 1 aromatic carbocycles. The Morgan fingerprint density at radius 1 is 1.43 bits per heavy atom. The summed E-state index contributed by atoms with van der Waals surface area (Å²) >= 11 is 6.01. The standard InChI is InChI=1S/C11H15ClO2/c1-3-10(13)11(14-2)8-6-4-5-7-9(8)12/h4-7,10-11,13H,3H2,1-2H3/t10-,11-/m0/s1. The van der Waals surface area contributed by atoms with Crippen molar-refractivity contribution in [2.24, 2.45) is 0 Å². The molecule has 0 saturated heterocycles. The Balaban J connectivity index is 2.94. The largest absolute Gasteiger partial charge is 0.390 e. The molecule has 3 heteroatoms. The zero-order chi connectivity index (χ0) is 10.6. The predicted octanol–water partition coefficient (Wildman–Crippen LogP) is 2.80. The summed E-state index contributed by atoms with van der Waals surface area (Å²) in [5, 5.41) is 10.3. The molecule has 0 fully saturated rings. The lowest BCUT2D eigenvalue weighted by molar-refractivity contribution is -0.0148. The zero-order valence-electron chi connectivity index (χ0n) is 8.40. The van der Waals surface area contributed by atoms with Crippen molar-refractivity contribution >= 4 is 11.6 Å². The molecule has 1 aromatic rings. The molecule has 0 aromatic heterocycles. The van der Waals surface area contributed by atoms with Crippen LogP contribution in [-0.2, 0) is 4.74 Å². The van der Waals surface area contributed by atoms with E-state index in [9.17, 15) is 5.11 Å². The molecular formula is C11H15ClO2. The monoisotopic (exact) mass is 214 g/mol. The number of methoxy groups -OCH3 is 1. The molecule has 0 radical (unpaired) electrons. The summed E-state index contributed by atoms with van der Waals surface area (Å²) in [7, 11) is 1.58. The van der Waals surface area contributed by atoms with Crippen molar-refractivity contribution < 1.29 is 9.84 Å². The summed E-state index contributed by atoms with van der Waals surface area (Å²) in [5.74, 6) is 0. The van der Waals surface area contributed by atoms with Crippen LogP contribution in [0.4, 0.5) is 0 Å². The summed E-state index contributed by atoms with van der Waals surface area (Å²) in [5.41, 5.74) is 0.839. The Morgan fingerprint density at radius 3 is 2.57 bits per heavy atom. The number of benzene rings is 1. The maximum absolute atomic E-state index is 9.71. The van der Waals surface area contributed by atoms with Gasteiger partial charge in [-0.1, -0.05) is 36.7 Å². The lowest BCUT2D eigenvalue weighted by atomic mass is 10.0. The maximum atomic E-state index is 9.71. The molecule has 2 nitrogen and oxygen atoms in total. The molecule has 0 heterocycles. The summed E-state index contributed by atoms with van der Waals surface area (Å²) in [6.07, 6.45) is -0.211. The fourth-order valence-corrected chi connectivity index (χ4v) is 1.65. The van der Waals surface area contributed by atoms with Crippen LogP contribution in [0.25, 0.3) is 0 Å². The molecule has 14 heavy (non-hydrogen) atoms. The number of halogens is 1. The van der Waals surface area contributed by atoms with Crippen LogP contribution in [0.1, 0.15) is 25.0 Å². The van der Waals surface area contributed by atoms with Gasteiger partial charge in [0, 0.05) is 17.7 Å². The van der Waals surface area contributed by atoms with E-state index < -0.39 is 6.10 Å². The van der Waals surface area contributed by atoms with Gasteiger partial charge in [0.25, 0.3) is 0 Å². The highest BCUT2D eigenvalue weighted by molar-refractivity contribution is 6.31. The van der Waals surface area contributed by atoms with Crippen LogP contribution < -0.4 is 0 Å². The predicted molar refractivity (Wildman–Crippen MR) is 57.5 cm³/mol. The van der Waals surface area contributed by atoms with E-state index in [2.05, 4.69) is 0 Å². The van der Waals surface area contributed by atoms with E-state index in [1.165, 1.54) is 0 Å². The van der Waals surface area contributed by atoms with Crippen LogP contribution in [-0.4, -0.2) is 18.3 Å². The highest BCUT2D eigenvalue weighted by Crippen LogP contribution is 2.28. The van der Waals surface area contributed by atoms with Gasteiger partial charge in [0.05, 0.1) is 6.10 Å². The van der Waals surface area contributed by atoms with Gasteiger partial charge in [0.2, 0.25) is 0 Å². The van der Waals surface area contributed by atoms with Gasteiger partial charge in [-0.25, -0.2) is 0 Å². The van der Waals surface area contributed by atoms with Crippen molar-refractivity contribution in [2.45, 2.75) is 25.6 Å². The topological polar surface area (TPSA) is 29.5 Å². The summed E-state index contributed by atoms with van der Waals surface area (Å²) in [4.78, 5) is 0. The molecular weight excluding hydrogens is 200 g/mol. The third kappa shape index (κ3) is 2.47. The first-order valence-electron chi connectivity index (χ1n) is 4.66. The maximum Gasteiger partial charge on any atom is 0.109 e. The number of rotatable bonds is 4. The van der Waals surface area contributed by atoms with Crippen LogP contribution in [0.2, 0.25) is 5.02 Å². The minimum atomic E-state index is -0.514. The number of aliphatic hydroxyl groups is 1. The number of hydrogen-bond acceptors (Lipinski definition) is 2. The van der Waals surface area contributed by atoms with Crippen molar-refractivity contribution in [1.82, 2.24) is 0 Å². The smallest absolute Gasteiger partial charge is 0.109 e. The van der Waals surface area contributed by atoms with E-state index in [1.807, 2.05) is 25.1 Å². The lowest BCUT2D eigenvalue weighted by Gasteiger charge is -2.21. The van der Waals surface area contributed by atoms with E-state index in [0.29, 0.717) is 11.4 Å². The third-order valence-electron chi connectivity index (χ3n) is 2.23.